The lowest BCUT2D eigenvalue weighted by atomic mass is 10.0. The van der Waals surface area contributed by atoms with Crippen molar-refractivity contribution in [3.63, 3.8) is 0 Å². The third-order valence-electron chi connectivity index (χ3n) is 4.71. The van der Waals surface area contributed by atoms with Crippen LogP contribution < -0.4 is 5.32 Å². The van der Waals surface area contributed by atoms with Gasteiger partial charge in [-0.2, -0.15) is 0 Å². The monoisotopic (exact) mass is 318 g/mol. The summed E-state index contributed by atoms with van der Waals surface area (Å²) < 4.78 is 0. The summed E-state index contributed by atoms with van der Waals surface area (Å²) in [6.45, 7) is 4.04. The van der Waals surface area contributed by atoms with Gasteiger partial charge in [0.1, 0.15) is 0 Å². The second kappa shape index (κ2) is 7.75. The molecule has 0 aliphatic carbocycles. The van der Waals surface area contributed by atoms with Gasteiger partial charge in [-0.15, -0.1) is 0 Å². The van der Waals surface area contributed by atoms with Gasteiger partial charge in [-0.05, 0) is 37.8 Å². The number of urea groups is 1. The molecule has 1 aromatic heterocycles. The van der Waals surface area contributed by atoms with Crippen LogP contribution in [0.25, 0.3) is 0 Å². The molecule has 2 aliphatic rings. The number of aromatic nitrogens is 1. The van der Waals surface area contributed by atoms with Crippen LogP contribution in [0.2, 0.25) is 0 Å². The Hall–Kier alpha value is -1.66. The summed E-state index contributed by atoms with van der Waals surface area (Å²) >= 11 is 0. The molecule has 2 amide bonds. The quantitative estimate of drug-likeness (QED) is 0.879. The number of rotatable bonds is 3. The molecule has 2 fully saturated rings. The molecule has 0 aromatic carbocycles. The standard InChI is InChI=1S/C17H26N4O2/c22-16-5-3-9-21(13-16)17(23)19-14-6-10-20(11-7-14)12-15-4-1-2-8-18-15/h1-2,4,8,14,16,22H,3,5-7,9-13H2,(H,19,23). The summed E-state index contributed by atoms with van der Waals surface area (Å²) in [5.41, 5.74) is 1.09. The van der Waals surface area contributed by atoms with Crippen LogP contribution in [0, 0.1) is 0 Å². The van der Waals surface area contributed by atoms with Crippen molar-refractivity contribution >= 4 is 6.03 Å². The minimum absolute atomic E-state index is 0.0214. The Balaban J connectivity index is 1.41. The summed E-state index contributed by atoms with van der Waals surface area (Å²) in [4.78, 5) is 20.8. The highest BCUT2D eigenvalue weighted by molar-refractivity contribution is 5.74. The number of nitrogens with zero attached hydrogens (tertiary/aromatic N) is 3. The fourth-order valence-electron chi connectivity index (χ4n) is 3.36. The van der Waals surface area contributed by atoms with E-state index < -0.39 is 0 Å². The molecular weight excluding hydrogens is 292 g/mol. The van der Waals surface area contributed by atoms with Gasteiger partial charge in [-0.3, -0.25) is 9.88 Å². The van der Waals surface area contributed by atoms with Gasteiger partial charge >= 0.3 is 6.03 Å². The van der Waals surface area contributed by atoms with E-state index in [1.165, 1.54) is 0 Å². The van der Waals surface area contributed by atoms with Crippen molar-refractivity contribution < 1.29 is 9.90 Å². The third-order valence-corrected chi connectivity index (χ3v) is 4.71. The zero-order valence-electron chi connectivity index (χ0n) is 13.5. The first-order valence-corrected chi connectivity index (χ1v) is 8.56. The molecule has 2 aliphatic heterocycles. The number of hydrogen-bond acceptors (Lipinski definition) is 4. The molecule has 1 atom stereocenters. The fraction of sp³-hybridized carbons (Fsp3) is 0.647. The van der Waals surface area contributed by atoms with Crippen LogP contribution in [0.1, 0.15) is 31.4 Å². The first-order chi connectivity index (χ1) is 11.2. The number of aliphatic hydroxyl groups is 1. The van der Waals surface area contributed by atoms with Gasteiger partial charge < -0.3 is 15.3 Å². The predicted octanol–water partition coefficient (Wildman–Crippen LogP) is 1.21. The van der Waals surface area contributed by atoms with Gasteiger partial charge in [0.05, 0.1) is 11.8 Å². The van der Waals surface area contributed by atoms with E-state index in [-0.39, 0.29) is 18.2 Å². The number of pyridine rings is 1. The second-order valence-electron chi connectivity index (χ2n) is 6.56. The van der Waals surface area contributed by atoms with Crippen LogP contribution in [0.5, 0.6) is 0 Å². The zero-order chi connectivity index (χ0) is 16.1. The molecule has 3 heterocycles. The van der Waals surface area contributed by atoms with Gasteiger partial charge in [0, 0.05) is 45.0 Å². The molecular formula is C17H26N4O2. The summed E-state index contributed by atoms with van der Waals surface area (Å²) in [5.74, 6) is 0. The van der Waals surface area contributed by atoms with E-state index in [1.807, 2.05) is 18.3 Å². The van der Waals surface area contributed by atoms with Crippen molar-refractivity contribution in [1.82, 2.24) is 20.1 Å². The maximum Gasteiger partial charge on any atom is 0.317 e. The Labute approximate surface area is 137 Å². The average Bonchev–Trinajstić information content (AvgIpc) is 2.57. The van der Waals surface area contributed by atoms with Crippen LogP contribution in [0.4, 0.5) is 4.79 Å². The van der Waals surface area contributed by atoms with Crippen LogP contribution in [-0.4, -0.2) is 64.2 Å². The summed E-state index contributed by atoms with van der Waals surface area (Å²) in [5, 5.41) is 12.8. The average molecular weight is 318 g/mol. The van der Waals surface area contributed by atoms with Crippen LogP contribution >= 0.6 is 0 Å². The number of β-amino-alcohol motifs (C(OH)–C–C–N with tert-alkyl or cyclic N) is 1. The Morgan fingerprint density at radius 3 is 2.78 bits per heavy atom. The molecule has 0 radical (unpaired) electrons. The lowest BCUT2D eigenvalue weighted by Gasteiger charge is -2.35. The topological polar surface area (TPSA) is 68.7 Å². The van der Waals surface area contributed by atoms with Crippen molar-refractivity contribution in [2.75, 3.05) is 26.2 Å². The highest BCUT2D eigenvalue weighted by Gasteiger charge is 2.26. The van der Waals surface area contributed by atoms with Crippen LogP contribution in [-0.2, 0) is 6.54 Å². The predicted molar refractivity (Wildman–Crippen MR) is 87.9 cm³/mol. The number of likely N-dealkylation sites (tertiary alicyclic amines) is 2. The van der Waals surface area contributed by atoms with E-state index in [0.717, 1.165) is 57.6 Å². The normalized spacial score (nSPS) is 23.7. The van der Waals surface area contributed by atoms with Crippen LogP contribution in [0.3, 0.4) is 0 Å². The SMILES string of the molecule is O=C(NC1CCN(Cc2ccccn2)CC1)N1CCCC(O)C1. The number of carbonyl (C=O) groups is 1. The molecule has 6 nitrogen and oxygen atoms in total. The molecule has 6 heteroatoms. The smallest absolute Gasteiger partial charge is 0.317 e. The Bertz CT molecular complexity index is 503. The number of carbonyl (C=O) groups excluding carboxylic acids is 1. The van der Waals surface area contributed by atoms with E-state index >= 15 is 0 Å². The third kappa shape index (κ3) is 4.65. The maximum absolute atomic E-state index is 12.3. The molecule has 0 saturated carbocycles. The highest BCUT2D eigenvalue weighted by atomic mass is 16.3. The van der Waals surface area contributed by atoms with Gasteiger partial charge in [0.15, 0.2) is 0 Å². The largest absolute Gasteiger partial charge is 0.391 e. The molecule has 2 N–H and O–H groups in total. The van der Waals surface area contributed by atoms with Gasteiger partial charge in [0.2, 0.25) is 0 Å². The number of nitrogens with one attached hydrogen (secondary N) is 1. The fourth-order valence-corrected chi connectivity index (χ4v) is 3.36. The van der Waals surface area contributed by atoms with Gasteiger partial charge in [-0.25, -0.2) is 4.79 Å². The minimum atomic E-state index is -0.366. The van der Waals surface area contributed by atoms with E-state index in [9.17, 15) is 9.90 Å². The number of aliphatic hydroxyl groups excluding tert-OH is 1. The van der Waals surface area contributed by atoms with E-state index in [0.29, 0.717) is 6.54 Å². The minimum Gasteiger partial charge on any atom is -0.391 e. The Kier molecular flexibility index (Phi) is 5.46. The van der Waals surface area contributed by atoms with E-state index in [1.54, 1.807) is 4.90 Å². The van der Waals surface area contributed by atoms with Crippen molar-refractivity contribution in [1.29, 1.82) is 0 Å². The van der Waals surface area contributed by atoms with Gasteiger partial charge in [0.25, 0.3) is 0 Å². The molecule has 1 aromatic rings. The van der Waals surface area contributed by atoms with Gasteiger partial charge in [-0.1, -0.05) is 6.07 Å². The zero-order valence-corrected chi connectivity index (χ0v) is 13.5. The maximum atomic E-state index is 12.3. The first kappa shape index (κ1) is 16.2. The number of piperidine rings is 2. The van der Waals surface area contributed by atoms with Crippen LogP contribution in [0.15, 0.2) is 24.4 Å². The lowest BCUT2D eigenvalue weighted by Crippen LogP contribution is -2.52. The molecule has 0 bridgehead atoms. The molecule has 3 rings (SSSR count). The summed E-state index contributed by atoms with van der Waals surface area (Å²) in [6.07, 6.45) is 5.08. The molecule has 23 heavy (non-hydrogen) atoms. The lowest BCUT2D eigenvalue weighted by molar-refractivity contribution is 0.0817. The highest BCUT2D eigenvalue weighted by Crippen LogP contribution is 2.15. The molecule has 1 unspecified atom stereocenters. The molecule has 2 saturated heterocycles. The van der Waals surface area contributed by atoms with Crippen molar-refractivity contribution in [2.45, 2.75) is 44.4 Å². The Morgan fingerprint density at radius 1 is 1.26 bits per heavy atom. The van der Waals surface area contributed by atoms with E-state index in [4.69, 9.17) is 0 Å². The first-order valence-electron chi connectivity index (χ1n) is 8.56. The number of amides is 2. The second-order valence-corrected chi connectivity index (χ2v) is 6.56. The summed E-state index contributed by atoms with van der Waals surface area (Å²) in [6, 6.07) is 6.22. The van der Waals surface area contributed by atoms with Crippen molar-refractivity contribution in [3.05, 3.63) is 30.1 Å². The van der Waals surface area contributed by atoms with E-state index in [2.05, 4.69) is 21.3 Å². The Morgan fingerprint density at radius 2 is 2.09 bits per heavy atom. The van der Waals surface area contributed by atoms with Crippen molar-refractivity contribution in [2.24, 2.45) is 0 Å². The molecule has 0 spiro atoms. The number of hydrogen-bond donors (Lipinski definition) is 2. The summed E-state index contributed by atoms with van der Waals surface area (Å²) in [7, 11) is 0. The molecule has 126 valence electrons. The van der Waals surface area contributed by atoms with Crippen molar-refractivity contribution in [3.8, 4) is 0 Å².